The van der Waals surface area contributed by atoms with Crippen LogP contribution in [0.1, 0.15) is 56.8 Å². The Balaban J connectivity index is 1.95. The summed E-state index contributed by atoms with van der Waals surface area (Å²) in [4.78, 5) is 36.6. The number of allylic oxidation sites excluding steroid dienone is 2. The van der Waals surface area contributed by atoms with Crippen molar-refractivity contribution >= 4 is 28.3 Å². The molecule has 23 heavy (non-hydrogen) atoms. The number of Topliss-reactive ketones (excluding diaryl/α,β-unsaturated/α-hetero) is 2. The number of benzene rings is 2. The first-order valence-electron chi connectivity index (χ1n) is 7.69. The van der Waals surface area contributed by atoms with Crippen LogP contribution in [-0.2, 0) is 0 Å². The van der Waals surface area contributed by atoms with E-state index in [0.717, 1.165) is 18.2 Å². The summed E-state index contributed by atoms with van der Waals surface area (Å²) >= 11 is 0. The largest absolute Gasteiger partial charge is 0.478 e. The Hall–Kier alpha value is -2.75. The van der Waals surface area contributed by atoms with Crippen LogP contribution >= 0.6 is 0 Å². The van der Waals surface area contributed by atoms with Gasteiger partial charge in [0.05, 0.1) is 5.56 Å². The molecule has 0 fully saturated rings. The molecule has 4 heteroatoms. The van der Waals surface area contributed by atoms with Crippen LogP contribution < -0.4 is 0 Å². The molecule has 1 N–H and O–H groups in total. The SMILES string of the molecule is O=C(O)c1ccc2cc3c(cc2c1)C(=O)C1=C(CCCC1)C3=O. The molecule has 0 aromatic heterocycles. The topological polar surface area (TPSA) is 71.4 Å². The van der Waals surface area contributed by atoms with E-state index in [9.17, 15) is 14.4 Å². The second kappa shape index (κ2) is 4.88. The average Bonchev–Trinajstić information content (AvgIpc) is 2.58. The highest BCUT2D eigenvalue weighted by molar-refractivity contribution is 6.28. The zero-order chi connectivity index (χ0) is 16.1. The summed E-state index contributed by atoms with van der Waals surface area (Å²) in [7, 11) is 0. The van der Waals surface area contributed by atoms with Crippen molar-refractivity contribution in [3.63, 3.8) is 0 Å². The highest BCUT2D eigenvalue weighted by Crippen LogP contribution is 2.36. The van der Waals surface area contributed by atoms with E-state index in [1.807, 2.05) is 0 Å². The number of carboxylic acid groups (broad SMARTS) is 1. The van der Waals surface area contributed by atoms with Gasteiger partial charge in [-0.15, -0.1) is 0 Å². The van der Waals surface area contributed by atoms with E-state index in [4.69, 9.17) is 5.11 Å². The van der Waals surface area contributed by atoms with Crippen molar-refractivity contribution in [2.75, 3.05) is 0 Å². The molecule has 2 aromatic carbocycles. The first-order chi connectivity index (χ1) is 11.1. The van der Waals surface area contributed by atoms with Gasteiger partial charge in [-0.25, -0.2) is 4.79 Å². The first kappa shape index (κ1) is 13.9. The van der Waals surface area contributed by atoms with Gasteiger partial charge in [0.2, 0.25) is 0 Å². The molecule has 0 heterocycles. The summed E-state index contributed by atoms with van der Waals surface area (Å²) in [5, 5.41) is 10.5. The van der Waals surface area contributed by atoms with Gasteiger partial charge in [-0.2, -0.15) is 0 Å². The number of hydrogen-bond donors (Lipinski definition) is 1. The van der Waals surface area contributed by atoms with Crippen LogP contribution in [0, 0.1) is 0 Å². The Labute approximate surface area is 132 Å². The fraction of sp³-hybridized carbons (Fsp3) is 0.211. The van der Waals surface area contributed by atoms with Crippen LogP contribution in [0.5, 0.6) is 0 Å². The zero-order valence-corrected chi connectivity index (χ0v) is 12.4. The quantitative estimate of drug-likeness (QED) is 0.870. The standard InChI is InChI=1S/C19H14O4/c20-17-13-3-1-2-4-14(13)18(21)16-9-12-7-11(19(22)23)6-5-10(12)8-15(16)17/h5-9H,1-4H2,(H,22,23). The third-order valence-corrected chi connectivity index (χ3v) is 4.73. The van der Waals surface area contributed by atoms with Crippen molar-refractivity contribution in [1.29, 1.82) is 0 Å². The van der Waals surface area contributed by atoms with Crippen molar-refractivity contribution in [3.05, 3.63) is 58.2 Å². The lowest BCUT2D eigenvalue weighted by Gasteiger charge is -2.25. The Morgan fingerprint density at radius 3 is 1.96 bits per heavy atom. The van der Waals surface area contributed by atoms with Gasteiger partial charge in [-0.1, -0.05) is 6.07 Å². The first-order valence-corrected chi connectivity index (χ1v) is 7.69. The van der Waals surface area contributed by atoms with Gasteiger partial charge >= 0.3 is 5.97 Å². The van der Waals surface area contributed by atoms with Gasteiger partial charge in [0, 0.05) is 22.3 Å². The summed E-state index contributed by atoms with van der Waals surface area (Å²) in [5.74, 6) is -1.13. The number of carboxylic acids is 1. The van der Waals surface area contributed by atoms with E-state index in [-0.39, 0.29) is 17.1 Å². The summed E-state index contributed by atoms with van der Waals surface area (Å²) in [6.07, 6.45) is 3.22. The lowest BCUT2D eigenvalue weighted by atomic mass is 9.77. The summed E-state index contributed by atoms with van der Waals surface area (Å²) < 4.78 is 0. The molecule has 2 aliphatic carbocycles. The Morgan fingerprint density at radius 2 is 1.39 bits per heavy atom. The normalized spacial score (nSPS) is 17.2. The Morgan fingerprint density at radius 1 is 0.826 bits per heavy atom. The molecule has 0 bridgehead atoms. The van der Waals surface area contributed by atoms with E-state index in [0.29, 0.717) is 40.5 Å². The van der Waals surface area contributed by atoms with Gasteiger partial charge in [0.1, 0.15) is 0 Å². The minimum atomic E-state index is -1.01. The number of carbonyl (C=O) groups is 3. The number of fused-ring (bicyclic) bond motifs is 2. The maximum Gasteiger partial charge on any atom is 0.335 e. The van der Waals surface area contributed by atoms with Crippen LogP contribution in [0.4, 0.5) is 0 Å². The molecule has 0 radical (unpaired) electrons. The van der Waals surface area contributed by atoms with Gasteiger partial charge in [-0.3, -0.25) is 9.59 Å². The van der Waals surface area contributed by atoms with Crippen LogP contribution in [0.3, 0.4) is 0 Å². The molecule has 2 aromatic rings. The summed E-state index contributed by atoms with van der Waals surface area (Å²) in [5.41, 5.74) is 2.36. The minimum Gasteiger partial charge on any atom is -0.478 e. The second-order valence-corrected chi connectivity index (χ2v) is 6.09. The molecule has 2 aliphatic rings. The molecule has 0 aliphatic heterocycles. The van der Waals surface area contributed by atoms with Crippen molar-refractivity contribution in [1.82, 2.24) is 0 Å². The summed E-state index contributed by atoms with van der Waals surface area (Å²) in [6, 6.07) is 8.12. The smallest absolute Gasteiger partial charge is 0.335 e. The molecule has 4 rings (SSSR count). The van der Waals surface area contributed by atoms with E-state index < -0.39 is 5.97 Å². The number of rotatable bonds is 1. The van der Waals surface area contributed by atoms with Crippen LogP contribution in [-0.4, -0.2) is 22.6 Å². The maximum absolute atomic E-state index is 12.7. The van der Waals surface area contributed by atoms with Gasteiger partial charge < -0.3 is 5.11 Å². The molecule has 114 valence electrons. The molecule has 0 spiro atoms. The van der Waals surface area contributed by atoms with Crippen LogP contribution in [0.25, 0.3) is 10.8 Å². The molecule has 0 atom stereocenters. The van der Waals surface area contributed by atoms with E-state index >= 15 is 0 Å². The van der Waals surface area contributed by atoms with E-state index in [1.165, 1.54) is 6.07 Å². The molecule has 0 saturated heterocycles. The predicted molar refractivity (Wildman–Crippen MR) is 85.1 cm³/mol. The van der Waals surface area contributed by atoms with Gasteiger partial charge in [-0.05, 0) is 60.7 Å². The monoisotopic (exact) mass is 306 g/mol. The molecule has 0 saturated carbocycles. The predicted octanol–water partition coefficient (Wildman–Crippen LogP) is 3.79. The van der Waals surface area contributed by atoms with Crippen molar-refractivity contribution in [2.24, 2.45) is 0 Å². The number of ketones is 2. The average molecular weight is 306 g/mol. The summed E-state index contributed by atoms with van der Waals surface area (Å²) in [6.45, 7) is 0. The molecule has 4 nitrogen and oxygen atoms in total. The van der Waals surface area contributed by atoms with Gasteiger partial charge in [0.25, 0.3) is 0 Å². The second-order valence-electron chi connectivity index (χ2n) is 6.09. The maximum atomic E-state index is 12.7. The lowest BCUT2D eigenvalue weighted by molar-refractivity contribution is 0.0696. The molecule has 0 unspecified atom stereocenters. The molecular formula is C19H14O4. The Bertz CT molecular complexity index is 934. The third kappa shape index (κ3) is 2.02. The number of hydrogen-bond acceptors (Lipinski definition) is 3. The van der Waals surface area contributed by atoms with Crippen LogP contribution in [0.2, 0.25) is 0 Å². The Kier molecular flexibility index (Phi) is 2.94. The molecular weight excluding hydrogens is 292 g/mol. The third-order valence-electron chi connectivity index (χ3n) is 4.73. The van der Waals surface area contributed by atoms with Crippen LogP contribution in [0.15, 0.2) is 41.5 Å². The molecule has 0 amide bonds. The van der Waals surface area contributed by atoms with E-state index in [2.05, 4.69) is 0 Å². The lowest BCUT2D eigenvalue weighted by Crippen LogP contribution is -2.24. The zero-order valence-electron chi connectivity index (χ0n) is 12.4. The van der Waals surface area contributed by atoms with Crippen molar-refractivity contribution in [3.8, 4) is 0 Å². The minimum absolute atomic E-state index is 0.0430. The highest BCUT2D eigenvalue weighted by atomic mass is 16.4. The van der Waals surface area contributed by atoms with E-state index in [1.54, 1.807) is 24.3 Å². The highest BCUT2D eigenvalue weighted by Gasteiger charge is 2.33. The number of carbonyl (C=O) groups excluding carboxylic acids is 2. The van der Waals surface area contributed by atoms with Crippen molar-refractivity contribution in [2.45, 2.75) is 25.7 Å². The van der Waals surface area contributed by atoms with Crippen molar-refractivity contribution < 1.29 is 19.5 Å². The van der Waals surface area contributed by atoms with Gasteiger partial charge in [0.15, 0.2) is 11.6 Å². The fourth-order valence-corrected chi connectivity index (χ4v) is 3.54. The fourth-order valence-electron chi connectivity index (χ4n) is 3.54. The number of aromatic carboxylic acids is 1.